The molecule has 5 nitrogen and oxygen atoms in total. The number of benzene rings is 1. The van der Waals surface area contributed by atoms with Gasteiger partial charge in [0, 0.05) is 29.6 Å². The molecule has 24 heavy (non-hydrogen) atoms. The van der Waals surface area contributed by atoms with Gasteiger partial charge in [-0.15, -0.1) is 0 Å². The van der Waals surface area contributed by atoms with Crippen LogP contribution in [0.25, 0.3) is 10.9 Å². The van der Waals surface area contributed by atoms with Gasteiger partial charge in [0.1, 0.15) is 0 Å². The molecule has 1 amide bonds. The molecule has 2 aliphatic rings. The highest BCUT2D eigenvalue weighted by atomic mass is 16.2. The molecule has 0 unspecified atom stereocenters. The van der Waals surface area contributed by atoms with Crippen LogP contribution in [0.5, 0.6) is 0 Å². The highest BCUT2D eigenvalue weighted by Gasteiger charge is 2.34. The van der Waals surface area contributed by atoms with Crippen LogP contribution in [-0.4, -0.2) is 32.3 Å². The van der Waals surface area contributed by atoms with E-state index in [0.717, 1.165) is 54.8 Å². The fraction of sp³-hybridized carbons (Fsp3) is 0.368. The van der Waals surface area contributed by atoms with Gasteiger partial charge in [-0.1, -0.05) is 18.2 Å². The van der Waals surface area contributed by atoms with E-state index in [1.807, 2.05) is 11.0 Å². The fourth-order valence-electron chi connectivity index (χ4n) is 4.28. The molecule has 0 bridgehead atoms. The number of aromatic nitrogens is 3. The molecule has 0 saturated heterocycles. The van der Waals surface area contributed by atoms with E-state index in [2.05, 4.69) is 33.2 Å². The molecule has 0 spiro atoms. The van der Waals surface area contributed by atoms with Crippen LogP contribution < -0.4 is 0 Å². The lowest BCUT2D eigenvalue weighted by Crippen LogP contribution is -2.40. The summed E-state index contributed by atoms with van der Waals surface area (Å²) in [6.45, 7) is 1.42. The molecule has 1 aliphatic heterocycles. The Balaban J connectivity index is 1.49. The summed E-state index contributed by atoms with van der Waals surface area (Å²) >= 11 is 0. The van der Waals surface area contributed by atoms with Crippen LogP contribution in [0, 0.1) is 0 Å². The van der Waals surface area contributed by atoms with Gasteiger partial charge < -0.3 is 14.9 Å². The summed E-state index contributed by atoms with van der Waals surface area (Å²) in [5.74, 6) is 0.216. The van der Waals surface area contributed by atoms with Crippen LogP contribution in [-0.2, 0) is 24.2 Å². The highest BCUT2D eigenvalue weighted by molar-refractivity contribution is 5.90. The first-order valence-corrected chi connectivity index (χ1v) is 8.70. The molecule has 0 saturated carbocycles. The Labute approximate surface area is 140 Å². The molecule has 5 rings (SSSR count). The zero-order valence-electron chi connectivity index (χ0n) is 13.5. The number of hydrogen-bond donors (Lipinski definition) is 2. The van der Waals surface area contributed by atoms with E-state index in [9.17, 15) is 4.79 Å². The SMILES string of the molecule is O=C([C@H]1CCCc2c1[nH]c1ccccc21)N1CCc2nc[nH]c2C1. The van der Waals surface area contributed by atoms with E-state index in [1.165, 1.54) is 10.9 Å². The van der Waals surface area contributed by atoms with Gasteiger partial charge in [0.25, 0.3) is 0 Å². The van der Waals surface area contributed by atoms with Crippen molar-refractivity contribution in [1.29, 1.82) is 0 Å². The molecule has 0 fully saturated rings. The summed E-state index contributed by atoms with van der Waals surface area (Å²) in [6, 6.07) is 8.39. The van der Waals surface area contributed by atoms with Crippen LogP contribution in [0.2, 0.25) is 0 Å². The quantitative estimate of drug-likeness (QED) is 0.724. The van der Waals surface area contributed by atoms with Crippen molar-refractivity contribution in [1.82, 2.24) is 19.9 Å². The van der Waals surface area contributed by atoms with Gasteiger partial charge in [0.05, 0.1) is 30.2 Å². The first-order chi connectivity index (χ1) is 11.8. The van der Waals surface area contributed by atoms with Crippen molar-refractivity contribution in [2.75, 3.05) is 6.54 Å². The Morgan fingerprint density at radius 1 is 1.25 bits per heavy atom. The molecule has 5 heteroatoms. The van der Waals surface area contributed by atoms with Crippen molar-refractivity contribution in [2.24, 2.45) is 0 Å². The van der Waals surface area contributed by atoms with Crippen molar-refractivity contribution in [3.63, 3.8) is 0 Å². The number of carbonyl (C=O) groups is 1. The number of para-hydroxylation sites is 1. The van der Waals surface area contributed by atoms with Crippen molar-refractivity contribution in [2.45, 2.75) is 38.1 Å². The number of carbonyl (C=O) groups excluding carboxylic acids is 1. The molecule has 1 atom stereocenters. The first-order valence-electron chi connectivity index (χ1n) is 8.70. The number of fused-ring (bicyclic) bond motifs is 4. The molecule has 3 aromatic rings. The Kier molecular flexibility index (Phi) is 3.01. The Bertz CT molecular complexity index is 922. The maximum Gasteiger partial charge on any atom is 0.232 e. The molecular formula is C19H20N4O. The number of nitrogens with zero attached hydrogens (tertiary/aromatic N) is 2. The Morgan fingerprint density at radius 3 is 3.12 bits per heavy atom. The lowest BCUT2D eigenvalue weighted by molar-refractivity contribution is -0.134. The topological polar surface area (TPSA) is 64.8 Å². The predicted molar refractivity (Wildman–Crippen MR) is 91.7 cm³/mol. The average Bonchev–Trinajstić information content (AvgIpc) is 3.24. The minimum absolute atomic E-state index is 0.0365. The monoisotopic (exact) mass is 320 g/mol. The van der Waals surface area contributed by atoms with Crippen molar-refractivity contribution in [3.8, 4) is 0 Å². The minimum Gasteiger partial charge on any atom is -0.357 e. The van der Waals surface area contributed by atoms with Gasteiger partial charge in [-0.3, -0.25) is 4.79 Å². The maximum absolute atomic E-state index is 13.2. The first kappa shape index (κ1) is 13.8. The second-order valence-electron chi connectivity index (χ2n) is 6.85. The lowest BCUT2D eigenvalue weighted by atomic mass is 9.85. The number of hydrogen-bond acceptors (Lipinski definition) is 2. The fourth-order valence-corrected chi connectivity index (χ4v) is 4.28. The van der Waals surface area contributed by atoms with E-state index in [0.29, 0.717) is 6.54 Å². The molecule has 2 N–H and O–H groups in total. The van der Waals surface area contributed by atoms with Gasteiger partial charge in [0.15, 0.2) is 0 Å². The minimum atomic E-state index is -0.0365. The zero-order chi connectivity index (χ0) is 16.1. The molecule has 0 radical (unpaired) electrons. The third kappa shape index (κ3) is 2.00. The standard InChI is InChI=1S/C19H20N4O/c24-19(23-9-8-16-17(10-23)21-11-20-16)14-6-3-5-13-12-4-1-2-7-15(12)22-18(13)14/h1-2,4,7,11,14,22H,3,5-6,8-10H2,(H,20,21)/t14-/m0/s1. The van der Waals surface area contributed by atoms with Gasteiger partial charge in [-0.25, -0.2) is 4.98 Å². The summed E-state index contributed by atoms with van der Waals surface area (Å²) in [4.78, 5) is 26.2. The third-order valence-corrected chi connectivity index (χ3v) is 5.50. The Hall–Kier alpha value is -2.56. The summed E-state index contributed by atoms with van der Waals surface area (Å²) < 4.78 is 0. The maximum atomic E-state index is 13.2. The number of rotatable bonds is 1. The normalized spacial score (nSPS) is 20.0. The smallest absolute Gasteiger partial charge is 0.232 e. The van der Waals surface area contributed by atoms with Crippen LogP contribution in [0.3, 0.4) is 0 Å². The number of nitrogens with one attached hydrogen (secondary N) is 2. The van der Waals surface area contributed by atoms with Crippen molar-refractivity contribution >= 4 is 16.8 Å². The van der Waals surface area contributed by atoms with E-state index >= 15 is 0 Å². The van der Waals surface area contributed by atoms with Crippen LogP contribution >= 0.6 is 0 Å². The van der Waals surface area contributed by atoms with E-state index in [1.54, 1.807) is 6.33 Å². The van der Waals surface area contributed by atoms with Crippen LogP contribution in [0.15, 0.2) is 30.6 Å². The van der Waals surface area contributed by atoms with Gasteiger partial charge in [-0.05, 0) is 30.9 Å². The van der Waals surface area contributed by atoms with Gasteiger partial charge >= 0.3 is 0 Å². The number of aromatic amines is 2. The van der Waals surface area contributed by atoms with Crippen LogP contribution in [0.1, 0.15) is 41.4 Å². The second kappa shape index (κ2) is 5.23. The van der Waals surface area contributed by atoms with Crippen molar-refractivity contribution in [3.05, 3.63) is 53.2 Å². The molecule has 1 aromatic carbocycles. The third-order valence-electron chi connectivity index (χ3n) is 5.50. The summed E-state index contributed by atoms with van der Waals surface area (Å²) in [6.07, 6.45) is 5.65. The summed E-state index contributed by atoms with van der Waals surface area (Å²) in [7, 11) is 0. The number of aryl methyl sites for hydroxylation is 1. The van der Waals surface area contributed by atoms with Gasteiger partial charge in [-0.2, -0.15) is 0 Å². The molecule has 122 valence electrons. The molecule has 1 aliphatic carbocycles. The van der Waals surface area contributed by atoms with E-state index in [4.69, 9.17) is 0 Å². The largest absolute Gasteiger partial charge is 0.357 e. The highest BCUT2D eigenvalue weighted by Crippen LogP contribution is 2.37. The van der Waals surface area contributed by atoms with E-state index < -0.39 is 0 Å². The average molecular weight is 320 g/mol. The second-order valence-corrected chi connectivity index (χ2v) is 6.85. The lowest BCUT2D eigenvalue weighted by Gasteiger charge is -2.31. The van der Waals surface area contributed by atoms with Crippen LogP contribution in [0.4, 0.5) is 0 Å². The zero-order valence-corrected chi connectivity index (χ0v) is 13.5. The summed E-state index contributed by atoms with van der Waals surface area (Å²) in [5.41, 5.74) is 5.82. The Morgan fingerprint density at radius 2 is 2.17 bits per heavy atom. The van der Waals surface area contributed by atoms with Crippen molar-refractivity contribution < 1.29 is 4.79 Å². The number of amides is 1. The summed E-state index contributed by atoms with van der Waals surface area (Å²) in [5, 5.41) is 1.28. The van der Waals surface area contributed by atoms with E-state index in [-0.39, 0.29) is 11.8 Å². The van der Waals surface area contributed by atoms with Gasteiger partial charge in [0.2, 0.25) is 5.91 Å². The predicted octanol–water partition coefficient (Wildman–Crippen LogP) is 2.90. The number of imidazole rings is 1. The number of H-pyrrole nitrogens is 2. The molecule has 3 heterocycles. The molecule has 2 aromatic heterocycles. The molecular weight excluding hydrogens is 300 g/mol.